The molecule has 98 valence electrons. The van der Waals surface area contributed by atoms with Gasteiger partial charge in [-0.2, -0.15) is 0 Å². The van der Waals surface area contributed by atoms with Gasteiger partial charge in [-0.3, -0.25) is 4.79 Å². The third-order valence-corrected chi connectivity index (χ3v) is 3.32. The normalized spacial score (nSPS) is 10.3. The molecule has 0 heterocycles. The quantitative estimate of drug-likeness (QED) is 0.852. The van der Waals surface area contributed by atoms with Gasteiger partial charge in [0.2, 0.25) is 0 Å². The molecule has 2 aromatic carbocycles. The summed E-state index contributed by atoms with van der Waals surface area (Å²) in [6.45, 7) is 1.96. The topological polar surface area (TPSA) is 46.3 Å². The third kappa shape index (κ3) is 2.71. The van der Waals surface area contributed by atoms with Crippen LogP contribution in [-0.4, -0.2) is 13.0 Å². The monoisotopic (exact) mass is 274 g/mol. The first kappa shape index (κ1) is 13.4. The molecule has 0 unspecified atom stereocenters. The summed E-state index contributed by atoms with van der Waals surface area (Å²) in [4.78, 5) is 14.0. The molecule has 2 aromatic rings. The molecule has 0 fully saturated rings. The summed E-state index contributed by atoms with van der Waals surface area (Å²) in [6, 6.07) is 12.6. The van der Waals surface area contributed by atoms with Gasteiger partial charge in [-0.1, -0.05) is 29.8 Å². The predicted octanol–water partition coefficient (Wildman–Crippen LogP) is 3.51. The fourth-order valence-electron chi connectivity index (χ4n) is 1.93. The summed E-state index contributed by atoms with van der Waals surface area (Å²) in [6.07, 6.45) is 0. The number of para-hydroxylation sites is 1. The smallest absolute Gasteiger partial charge is 0.259 e. The number of hydrogen-bond donors (Lipinski definition) is 1. The van der Waals surface area contributed by atoms with Crippen molar-refractivity contribution in [1.82, 2.24) is 0 Å². The van der Waals surface area contributed by atoms with Gasteiger partial charge in [-0.15, -0.1) is 0 Å². The van der Waals surface area contributed by atoms with Gasteiger partial charge in [0, 0.05) is 18.4 Å². The van der Waals surface area contributed by atoms with Crippen LogP contribution in [0, 0.1) is 6.92 Å². The number of halogens is 1. The van der Waals surface area contributed by atoms with Crippen molar-refractivity contribution >= 4 is 28.9 Å². The predicted molar refractivity (Wildman–Crippen MR) is 79.8 cm³/mol. The molecule has 0 aromatic heterocycles. The zero-order chi connectivity index (χ0) is 14.0. The highest BCUT2D eigenvalue weighted by molar-refractivity contribution is 6.34. The summed E-state index contributed by atoms with van der Waals surface area (Å²) in [5.74, 6) is -0.153. The minimum Gasteiger partial charge on any atom is -0.399 e. The SMILES string of the molecule is Cc1ccccc1N(C)C(=O)c1ccc(N)cc1Cl. The van der Waals surface area contributed by atoms with Crippen molar-refractivity contribution in [2.45, 2.75) is 6.92 Å². The van der Waals surface area contributed by atoms with Crippen LogP contribution in [0.4, 0.5) is 11.4 Å². The Kier molecular flexibility index (Phi) is 3.76. The first-order valence-electron chi connectivity index (χ1n) is 5.89. The molecule has 0 saturated carbocycles. The van der Waals surface area contributed by atoms with Crippen LogP contribution in [0.25, 0.3) is 0 Å². The molecule has 2 rings (SSSR count). The van der Waals surface area contributed by atoms with Crippen molar-refractivity contribution in [3.63, 3.8) is 0 Å². The lowest BCUT2D eigenvalue weighted by molar-refractivity contribution is 0.0993. The number of nitrogen functional groups attached to an aromatic ring is 1. The fraction of sp³-hybridized carbons (Fsp3) is 0.133. The first-order valence-corrected chi connectivity index (χ1v) is 6.27. The third-order valence-electron chi connectivity index (χ3n) is 3.00. The van der Waals surface area contributed by atoms with Crippen LogP contribution in [0.1, 0.15) is 15.9 Å². The van der Waals surface area contributed by atoms with Crippen molar-refractivity contribution in [3.05, 3.63) is 58.6 Å². The molecule has 2 N–H and O–H groups in total. The second-order valence-corrected chi connectivity index (χ2v) is 4.80. The van der Waals surface area contributed by atoms with Crippen LogP contribution in [0.2, 0.25) is 5.02 Å². The number of carbonyl (C=O) groups is 1. The summed E-state index contributed by atoms with van der Waals surface area (Å²) in [5.41, 5.74) is 8.51. The van der Waals surface area contributed by atoms with Gasteiger partial charge in [-0.25, -0.2) is 0 Å². The minimum absolute atomic E-state index is 0.153. The van der Waals surface area contributed by atoms with E-state index in [1.165, 1.54) is 0 Å². The Labute approximate surface area is 117 Å². The molecule has 0 bridgehead atoms. The molecule has 0 radical (unpaired) electrons. The van der Waals surface area contributed by atoms with E-state index in [0.29, 0.717) is 16.3 Å². The standard InChI is InChI=1S/C15H15ClN2O/c1-10-5-3-4-6-14(10)18(2)15(19)12-8-7-11(17)9-13(12)16/h3-9H,17H2,1-2H3. The molecule has 0 spiro atoms. The van der Waals surface area contributed by atoms with E-state index in [2.05, 4.69) is 0 Å². The number of nitrogens with zero attached hydrogens (tertiary/aromatic N) is 1. The highest BCUT2D eigenvalue weighted by Crippen LogP contribution is 2.24. The van der Waals surface area contributed by atoms with E-state index < -0.39 is 0 Å². The van der Waals surface area contributed by atoms with E-state index in [4.69, 9.17) is 17.3 Å². The van der Waals surface area contributed by atoms with E-state index in [1.807, 2.05) is 31.2 Å². The van der Waals surface area contributed by atoms with Crippen LogP contribution in [-0.2, 0) is 0 Å². The largest absolute Gasteiger partial charge is 0.399 e. The van der Waals surface area contributed by atoms with Gasteiger partial charge in [0.1, 0.15) is 0 Å². The Morgan fingerprint density at radius 1 is 1.21 bits per heavy atom. The second-order valence-electron chi connectivity index (χ2n) is 4.39. The van der Waals surface area contributed by atoms with E-state index in [1.54, 1.807) is 30.1 Å². The number of anilines is 2. The van der Waals surface area contributed by atoms with Crippen LogP contribution in [0.5, 0.6) is 0 Å². The molecule has 0 aliphatic carbocycles. The first-order chi connectivity index (χ1) is 9.00. The molecule has 0 saturated heterocycles. The van der Waals surface area contributed by atoms with Crippen LogP contribution in [0.15, 0.2) is 42.5 Å². The Balaban J connectivity index is 2.37. The van der Waals surface area contributed by atoms with Gasteiger partial charge in [0.25, 0.3) is 5.91 Å². The average Bonchev–Trinajstić information content (AvgIpc) is 2.38. The maximum atomic E-state index is 12.4. The number of rotatable bonds is 2. The second kappa shape index (κ2) is 5.33. The van der Waals surface area contributed by atoms with Crippen LogP contribution in [0.3, 0.4) is 0 Å². The number of benzene rings is 2. The maximum absolute atomic E-state index is 12.4. The summed E-state index contributed by atoms with van der Waals surface area (Å²) < 4.78 is 0. The van der Waals surface area contributed by atoms with E-state index in [0.717, 1.165) is 11.3 Å². The lowest BCUT2D eigenvalue weighted by Crippen LogP contribution is -2.27. The zero-order valence-electron chi connectivity index (χ0n) is 10.9. The fourth-order valence-corrected chi connectivity index (χ4v) is 2.20. The van der Waals surface area contributed by atoms with E-state index >= 15 is 0 Å². The summed E-state index contributed by atoms with van der Waals surface area (Å²) in [7, 11) is 1.73. The van der Waals surface area contributed by atoms with Gasteiger partial charge in [-0.05, 0) is 36.8 Å². The molecular weight excluding hydrogens is 260 g/mol. The van der Waals surface area contributed by atoms with Gasteiger partial charge >= 0.3 is 0 Å². The summed E-state index contributed by atoms with van der Waals surface area (Å²) >= 11 is 6.07. The molecule has 3 nitrogen and oxygen atoms in total. The highest BCUT2D eigenvalue weighted by atomic mass is 35.5. The van der Waals surface area contributed by atoms with Crippen molar-refractivity contribution in [2.75, 3.05) is 17.7 Å². The maximum Gasteiger partial charge on any atom is 0.259 e. The minimum atomic E-state index is -0.153. The Hall–Kier alpha value is -2.00. The number of nitrogens with two attached hydrogens (primary N) is 1. The van der Waals surface area contributed by atoms with Crippen molar-refractivity contribution < 1.29 is 4.79 Å². The lowest BCUT2D eigenvalue weighted by Gasteiger charge is -2.20. The molecule has 19 heavy (non-hydrogen) atoms. The number of amides is 1. The van der Waals surface area contributed by atoms with Gasteiger partial charge in [0.05, 0.1) is 10.6 Å². The van der Waals surface area contributed by atoms with Crippen LogP contribution >= 0.6 is 11.6 Å². The van der Waals surface area contributed by atoms with Gasteiger partial charge < -0.3 is 10.6 Å². The molecule has 4 heteroatoms. The molecule has 0 aliphatic heterocycles. The Morgan fingerprint density at radius 2 is 1.89 bits per heavy atom. The van der Waals surface area contributed by atoms with Crippen molar-refractivity contribution in [1.29, 1.82) is 0 Å². The van der Waals surface area contributed by atoms with E-state index in [9.17, 15) is 4.79 Å². The summed E-state index contributed by atoms with van der Waals surface area (Å²) in [5, 5.41) is 0.366. The molecular formula is C15H15ClN2O. The Morgan fingerprint density at radius 3 is 2.53 bits per heavy atom. The van der Waals surface area contributed by atoms with Crippen LogP contribution < -0.4 is 10.6 Å². The number of aryl methyl sites for hydroxylation is 1. The van der Waals surface area contributed by atoms with Crippen molar-refractivity contribution in [3.8, 4) is 0 Å². The molecule has 1 amide bonds. The molecule has 0 aliphatic rings. The highest BCUT2D eigenvalue weighted by Gasteiger charge is 2.17. The lowest BCUT2D eigenvalue weighted by atomic mass is 10.1. The van der Waals surface area contributed by atoms with E-state index in [-0.39, 0.29) is 5.91 Å². The number of hydrogen-bond acceptors (Lipinski definition) is 2. The Bertz CT molecular complexity index is 625. The van der Waals surface area contributed by atoms with Gasteiger partial charge in [0.15, 0.2) is 0 Å². The van der Waals surface area contributed by atoms with Crippen molar-refractivity contribution in [2.24, 2.45) is 0 Å². The average molecular weight is 275 g/mol. The molecule has 0 atom stereocenters. The zero-order valence-corrected chi connectivity index (χ0v) is 11.6. The number of carbonyl (C=O) groups excluding carboxylic acids is 1.